The lowest BCUT2D eigenvalue weighted by atomic mass is 9.90. The van der Waals surface area contributed by atoms with Crippen molar-refractivity contribution < 1.29 is 14.3 Å². The van der Waals surface area contributed by atoms with Crippen LogP contribution in [0.15, 0.2) is 91.0 Å². The van der Waals surface area contributed by atoms with Crippen molar-refractivity contribution in [2.24, 2.45) is 5.92 Å². The van der Waals surface area contributed by atoms with Crippen molar-refractivity contribution >= 4 is 12.0 Å². The number of amides is 2. The molecule has 1 heterocycles. The van der Waals surface area contributed by atoms with Crippen molar-refractivity contribution in [2.75, 3.05) is 19.6 Å². The van der Waals surface area contributed by atoms with Crippen LogP contribution in [0.25, 0.3) is 0 Å². The molecule has 3 aromatic carbocycles. The van der Waals surface area contributed by atoms with Crippen molar-refractivity contribution in [2.45, 2.75) is 18.8 Å². The molecule has 0 atom stereocenters. The number of rotatable bonds is 6. The Kier molecular flexibility index (Phi) is 7.18. The van der Waals surface area contributed by atoms with Crippen LogP contribution >= 0.6 is 0 Å². The van der Waals surface area contributed by atoms with Gasteiger partial charge in [0.25, 0.3) is 0 Å². The number of carbonyl (C=O) groups excluding carboxylic acids is 2. The topological polar surface area (TPSA) is 58.6 Å². The molecule has 5 nitrogen and oxygen atoms in total. The molecule has 3 aromatic rings. The number of hydrogen-bond acceptors (Lipinski definition) is 3. The Hall–Kier alpha value is -3.60. The zero-order chi connectivity index (χ0) is 22.2. The highest BCUT2D eigenvalue weighted by molar-refractivity contribution is 5.87. The average Bonchev–Trinajstić information content (AvgIpc) is 2.85. The molecule has 0 aromatic heterocycles. The summed E-state index contributed by atoms with van der Waals surface area (Å²) < 4.78 is 5.43. The molecule has 0 saturated carbocycles. The van der Waals surface area contributed by atoms with E-state index in [1.165, 1.54) is 0 Å². The molecule has 1 aliphatic rings. The third-order valence-corrected chi connectivity index (χ3v) is 5.91. The second kappa shape index (κ2) is 10.6. The van der Waals surface area contributed by atoms with E-state index in [9.17, 15) is 9.59 Å². The number of likely N-dealkylation sites (tertiary alicyclic amines) is 1. The number of piperidine rings is 1. The summed E-state index contributed by atoms with van der Waals surface area (Å²) in [6.45, 7) is 1.87. The lowest BCUT2D eigenvalue weighted by molar-refractivity contribution is -0.122. The van der Waals surface area contributed by atoms with Gasteiger partial charge in [0, 0.05) is 19.6 Å². The van der Waals surface area contributed by atoms with E-state index in [0.717, 1.165) is 24.0 Å². The Morgan fingerprint density at radius 1 is 0.812 bits per heavy atom. The number of ether oxygens (including phenoxy) is 1. The van der Waals surface area contributed by atoms with Crippen molar-refractivity contribution in [1.29, 1.82) is 0 Å². The van der Waals surface area contributed by atoms with Crippen LogP contribution < -0.4 is 10.1 Å². The Balaban J connectivity index is 1.30. The second-order valence-electron chi connectivity index (χ2n) is 8.11. The van der Waals surface area contributed by atoms with Gasteiger partial charge in [-0.05, 0) is 42.0 Å². The van der Waals surface area contributed by atoms with E-state index in [4.69, 9.17) is 4.74 Å². The van der Waals surface area contributed by atoms with Crippen LogP contribution in [0.5, 0.6) is 5.75 Å². The van der Waals surface area contributed by atoms with Gasteiger partial charge in [0.15, 0.2) is 0 Å². The number of nitrogens with one attached hydrogen (secondary N) is 1. The minimum atomic E-state index is -0.335. The summed E-state index contributed by atoms with van der Waals surface area (Å²) in [5.41, 5.74) is 1.96. The fraction of sp³-hybridized carbons (Fsp3) is 0.259. The second-order valence-corrected chi connectivity index (χ2v) is 8.11. The number of nitrogens with zero attached hydrogens (tertiary/aromatic N) is 1. The Morgan fingerprint density at radius 2 is 1.31 bits per heavy atom. The fourth-order valence-electron chi connectivity index (χ4n) is 4.11. The van der Waals surface area contributed by atoms with Crippen molar-refractivity contribution in [3.8, 4) is 5.75 Å². The van der Waals surface area contributed by atoms with E-state index in [1.54, 1.807) is 17.0 Å². The Morgan fingerprint density at radius 3 is 1.84 bits per heavy atom. The van der Waals surface area contributed by atoms with Crippen LogP contribution in [0.4, 0.5) is 4.79 Å². The molecule has 0 unspecified atom stereocenters. The largest absolute Gasteiger partial charge is 0.415 e. The first-order valence-corrected chi connectivity index (χ1v) is 11.1. The first-order valence-electron chi connectivity index (χ1n) is 11.1. The highest BCUT2D eigenvalue weighted by Gasteiger charge is 2.26. The predicted octanol–water partition coefficient (Wildman–Crippen LogP) is 4.85. The Bertz CT molecular complexity index is 961. The molecule has 1 saturated heterocycles. The lowest BCUT2D eigenvalue weighted by Gasteiger charge is -2.31. The van der Waals surface area contributed by atoms with Gasteiger partial charge in [-0.1, -0.05) is 78.9 Å². The molecule has 1 fully saturated rings. The first-order chi connectivity index (χ1) is 15.7. The third kappa shape index (κ3) is 5.55. The summed E-state index contributed by atoms with van der Waals surface area (Å²) in [5.74, 6) is 0.568. The maximum atomic E-state index is 13.2. The molecule has 1 aliphatic heterocycles. The Labute approximate surface area is 189 Å². The molecule has 1 N–H and O–H groups in total. The smallest absolute Gasteiger partial charge is 0.410 e. The highest BCUT2D eigenvalue weighted by atomic mass is 16.6. The molecule has 0 bridgehead atoms. The van der Waals surface area contributed by atoms with Crippen LogP contribution in [0.3, 0.4) is 0 Å². The summed E-state index contributed by atoms with van der Waals surface area (Å²) in [6.07, 6.45) is 1.36. The van der Waals surface area contributed by atoms with E-state index in [2.05, 4.69) is 5.32 Å². The summed E-state index contributed by atoms with van der Waals surface area (Å²) >= 11 is 0. The standard InChI is InChI=1S/C27H28N2O3/c30-26(25(22-10-4-1-5-11-22)23-12-6-2-7-13-23)28-20-21-16-18-29(19-17-21)27(31)32-24-14-8-3-9-15-24/h1-15,21,25H,16-20H2,(H,28,30). The minimum Gasteiger partial charge on any atom is -0.410 e. The minimum absolute atomic E-state index is 0.00770. The zero-order valence-corrected chi connectivity index (χ0v) is 18.0. The number of carbonyl (C=O) groups is 2. The summed E-state index contributed by atoms with van der Waals surface area (Å²) in [6, 6.07) is 28.9. The quantitative estimate of drug-likeness (QED) is 0.611. The number of hydrogen-bond donors (Lipinski definition) is 1. The van der Waals surface area contributed by atoms with E-state index < -0.39 is 0 Å². The van der Waals surface area contributed by atoms with Gasteiger partial charge in [0.2, 0.25) is 5.91 Å². The van der Waals surface area contributed by atoms with E-state index in [1.807, 2.05) is 78.9 Å². The van der Waals surface area contributed by atoms with Crippen molar-refractivity contribution in [1.82, 2.24) is 10.2 Å². The summed E-state index contributed by atoms with van der Waals surface area (Å²) in [5, 5.41) is 3.16. The van der Waals surface area contributed by atoms with Gasteiger partial charge in [-0.25, -0.2) is 4.79 Å². The molecule has 0 radical (unpaired) electrons. The van der Waals surface area contributed by atoms with Crippen molar-refractivity contribution in [3.05, 3.63) is 102 Å². The summed E-state index contributed by atoms with van der Waals surface area (Å²) in [7, 11) is 0. The first kappa shape index (κ1) is 21.6. The normalized spacial score (nSPS) is 14.2. The van der Waals surface area contributed by atoms with E-state index in [-0.39, 0.29) is 17.9 Å². The zero-order valence-electron chi connectivity index (χ0n) is 18.0. The van der Waals surface area contributed by atoms with Gasteiger partial charge in [-0.15, -0.1) is 0 Å². The maximum Gasteiger partial charge on any atom is 0.415 e. The molecular weight excluding hydrogens is 400 g/mol. The lowest BCUT2D eigenvalue weighted by Crippen LogP contribution is -2.43. The van der Waals surface area contributed by atoms with Crippen LogP contribution in [0.2, 0.25) is 0 Å². The molecule has 4 rings (SSSR count). The maximum absolute atomic E-state index is 13.2. The van der Waals surface area contributed by atoms with Crippen LogP contribution in [-0.4, -0.2) is 36.5 Å². The molecular formula is C27H28N2O3. The van der Waals surface area contributed by atoms with Gasteiger partial charge in [-0.2, -0.15) is 0 Å². The third-order valence-electron chi connectivity index (χ3n) is 5.91. The molecule has 5 heteroatoms. The summed E-state index contributed by atoms with van der Waals surface area (Å²) in [4.78, 5) is 27.3. The molecule has 0 aliphatic carbocycles. The average molecular weight is 429 g/mol. The van der Waals surface area contributed by atoms with Gasteiger partial charge in [0.05, 0.1) is 5.92 Å². The number of benzene rings is 3. The van der Waals surface area contributed by atoms with E-state index in [0.29, 0.717) is 31.3 Å². The van der Waals surface area contributed by atoms with Gasteiger partial charge < -0.3 is 15.0 Å². The van der Waals surface area contributed by atoms with Crippen LogP contribution in [0, 0.1) is 5.92 Å². The van der Waals surface area contributed by atoms with E-state index >= 15 is 0 Å². The number of para-hydroxylation sites is 1. The van der Waals surface area contributed by atoms with Gasteiger partial charge in [0.1, 0.15) is 5.75 Å². The fourth-order valence-corrected chi connectivity index (χ4v) is 4.11. The molecule has 164 valence electrons. The highest BCUT2D eigenvalue weighted by Crippen LogP contribution is 2.25. The predicted molar refractivity (Wildman–Crippen MR) is 124 cm³/mol. The van der Waals surface area contributed by atoms with Crippen LogP contribution in [-0.2, 0) is 4.79 Å². The monoisotopic (exact) mass is 428 g/mol. The SMILES string of the molecule is O=C(NCC1CCN(C(=O)Oc2ccccc2)CC1)C(c1ccccc1)c1ccccc1. The van der Waals surface area contributed by atoms with Crippen LogP contribution in [0.1, 0.15) is 29.9 Å². The van der Waals surface area contributed by atoms with Crippen molar-refractivity contribution in [3.63, 3.8) is 0 Å². The molecule has 0 spiro atoms. The van der Waals surface area contributed by atoms with Gasteiger partial charge in [-0.3, -0.25) is 4.79 Å². The molecule has 32 heavy (non-hydrogen) atoms. The molecule has 2 amide bonds. The van der Waals surface area contributed by atoms with Gasteiger partial charge >= 0.3 is 6.09 Å².